The first kappa shape index (κ1) is 19.2. The Kier molecular flexibility index (Phi) is 8.09. The van der Waals surface area contributed by atoms with E-state index in [0.29, 0.717) is 22.9 Å². The molecule has 0 aliphatic rings. The van der Waals surface area contributed by atoms with Crippen LogP contribution in [0.2, 0.25) is 5.02 Å². The van der Waals surface area contributed by atoms with Crippen molar-refractivity contribution in [3.05, 3.63) is 34.6 Å². The second-order valence-corrected chi connectivity index (χ2v) is 5.54. The number of nitrogens with two attached hydrogens (primary N) is 1. The molecule has 1 amide bonds. The van der Waals surface area contributed by atoms with E-state index in [0.717, 1.165) is 0 Å². The molecule has 0 fully saturated rings. The quantitative estimate of drug-likeness (QED) is 0.872. The molecule has 0 bridgehead atoms. The maximum Gasteiger partial charge on any atom is 0.237 e. The molecule has 2 atom stereocenters. The second-order valence-electron chi connectivity index (χ2n) is 5.13. The Morgan fingerprint density at radius 3 is 2.50 bits per heavy atom. The van der Waals surface area contributed by atoms with Crippen molar-refractivity contribution in [1.29, 1.82) is 0 Å². The van der Waals surface area contributed by atoms with Crippen molar-refractivity contribution in [2.45, 2.75) is 39.3 Å². The van der Waals surface area contributed by atoms with E-state index in [2.05, 4.69) is 5.32 Å². The van der Waals surface area contributed by atoms with Crippen LogP contribution in [0.15, 0.2) is 18.2 Å². The maximum absolute atomic E-state index is 13.0. The van der Waals surface area contributed by atoms with Crippen LogP contribution in [-0.4, -0.2) is 11.9 Å². The Morgan fingerprint density at radius 1 is 1.40 bits per heavy atom. The average molecular weight is 323 g/mol. The van der Waals surface area contributed by atoms with Crippen LogP contribution in [0.25, 0.3) is 0 Å². The van der Waals surface area contributed by atoms with E-state index in [4.69, 9.17) is 17.3 Å². The Labute approximate surface area is 130 Å². The van der Waals surface area contributed by atoms with Gasteiger partial charge in [0.25, 0.3) is 0 Å². The summed E-state index contributed by atoms with van der Waals surface area (Å²) in [6.07, 6.45) is 0.621. The molecule has 0 heterocycles. The van der Waals surface area contributed by atoms with Gasteiger partial charge in [0.05, 0.1) is 12.1 Å². The molecule has 3 nitrogen and oxygen atoms in total. The molecule has 20 heavy (non-hydrogen) atoms. The third-order valence-corrected chi connectivity index (χ3v) is 3.18. The summed E-state index contributed by atoms with van der Waals surface area (Å²) in [6.45, 7) is 5.81. The fraction of sp³-hybridized carbons (Fsp3) is 0.500. The van der Waals surface area contributed by atoms with Gasteiger partial charge in [-0.3, -0.25) is 4.79 Å². The molecular weight excluding hydrogens is 302 g/mol. The van der Waals surface area contributed by atoms with Gasteiger partial charge in [-0.05, 0) is 37.0 Å². The van der Waals surface area contributed by atoms with E-state index in [1.54, 1.807) is 13.0 Å². The summed E-state index contributed by atoms with van der Waals surface area (Å²) in [6, 6.07) is 3.27. The predicted molar refractivity (Wildman–Crippen MR) is 82.6 cm³/mol. The Hall–Kier alpha value is -0.840. The Balaban J connectivity index is 0.00000361. The van der Waals surface area contributed by atoms with Crippen LogP contribution < -0.4 is 11.1 Å². The fourth-order valence-electron chi connectivity index (χ4n) is 1.87. The molecule has 1 rings (SSSR count). The first-order chi connectivity index (χ1) is 8.81. The third-order valence-electron chi connectivity index (χ3n) is 2.85. The van der Waals surface area contributed by atoms with Gasteiger partial charge < -0.3 is 11.1 Å². The van der Waals surface area contributed by atoms with Crippen LogP contribution in [0.4, 0.5) is 4.39 Å². The van der Waals surface area contributed by atoms with Crippen LogP contribution >= 0.6 is 24.0 Å². The highest BCUT2D eigenvalue weighted by Gasteiger charge is 2.19. The molecule has 1 aromatic rings. The van der Waals surface area contributed by atoms with Crippen LogP contribution in [0, 0.1) is 11.7 Å². The topological polar surface area (TPSA) is 55.1 Å². The van der Waals surface area contributed by atoms with Crippen molar-refractivity contribution in [2.75, 3.05) is 0 Å². The van der Waals surface area contributed by atoms with Gasteiger partial charge in [-0.25, -0.2) is 4.39 Å². The SMILES string of the molecule is CC(C)C[C@H](N)C(=O)NC(C)c1ccc(F)cc1Cl.Cl. The normalized spacial score (nSPS) is 13.6. The smallest absolute Gasteiger partial charge is 0.237 e. The van der Waals surface area contributed by atoms with Crippen molar-refractivity contribution < 1.29 is 9.18 Å². The van der Waals surface area contributed by atoms with Gasteiger partial charge in [0.2, 0.25) is 5.91 Å². The summed E-state index contributed by atoms with van der Waals surface area (Å²) < 4.78 is 13.0. The second kappa shape index (κ2) is 8.45. The highest BCUT2D eigenvalue weighted by atomic mass is 35.5. The fourth-order valence-corrected chi connectivity index (χ4v) is 2.20. The highest BCUT2D eigenvalue weighted by Crippen LogP contribution is 2.23. The molecule has 0 aliphatic heterocycles. The number of amides is 1. The number of rotatable bonds is 5. The number of hydrogen-bond acceptors (Lipinski definition) is 2. The minimum atomic E-state index is -0.540. The van der Waals surface area contributed by atoms with Gasteiger partial charge in [-0.2, -0.15) is 0 Å². The molecule has 114 valence electrons. The van der Waals surface area contributed by atoms with Gasteiger partial charge in [0.1, 0.15) is 5.82 Å². The molecule has 0 aromatic heterocycles. The highest BCUT2D eigenvalue weighted by molar-refractivity contribution is 6.31. The van der Waals surface area contributed by atoms with E-state index in [1.807, 2.05) is 13.8 Å². The number of benzene rings is 1. The van der Waals surface area contributed by atoms with Crippen molar-refractivity contribution in [3.8, 4) is 0 Å². The lowest BCUT2D eigenvalue weighted by Crippen LogP contribution is -2.42. The molecule has 0 radical (unpaired) electrons. The van der Waals surface area contributed by atoms with Gasteiger partial charge >= 0.3 is 0 Å². The van der Waals surface area contributed by atoms with E-state index >= 15 is 0 Å². The molecule has 0 spiro atoms. The zero-order chi connectivity index (χ0) is 14.6. The lowest BCUT2D eigenvalue weighted by Gasteiger charge is -2.19. The van der Waals surface area contributed by atoms with Crippen LogP contribution in [0.3, 0.4) is 0 Å². The standard InChI is InChI=1S/C14H20ClFN2O.ClH/c1-8(2)6-13(17)14(19)18-9(3)11-5-4-10(16)7-12(11)15;/h4-5,7-9,13H,6,17H2,1-3H3,(H,18,19);1H/t9?,13-;/m0./s1. The zero-order valence-electron chi connectivity index (χ0n) is 11.8. The van der Waals surface area contributed by atoms with Crippen molar-refractivity contribution >= 4 is 29.9 Å². The van der Waals surface area contributed by atoms with Crippen LogP contribution in [0.5, 0.6) is 0 Å². The maximum atomic E-state index is 13.0. The Morgan fingerprint density at radius 2 is 2.00 bits per heavy atom. The van der Waals surface area contributed by atoms with Gasteiger partial charge in [-0.15, -0.1) is 12.4 Å². The van der Waals surface area contributed by atoms with E-state index in [1.165, 1.54) is 12.1 Å². The lowest BCUT2D eigenvalue weighted by molar-refractivity contribution is -0.123. The Bertz CT molecular complexity index is 455. The molecule has 6 heteroatoms. The number of carbonyl (C=O) groups is 1. The zero-order valence-corrected chi connectivity index (χ0v) is 13.4. The summed E-state index contributed by atoms with van der Waals surface area (Å²) in [4.78, 5) is 11.9. The minimum absolute atomic E-state index is 0. The van der Waals surface area contributed by atoms with E-state index < -0.39 is 11.9 Å². The lowest BCUT2D eigenvalue weighted by atomic mass is 10.0. The molecule has 3 N–H and O–H groups in total. The van der Waals surface area contributed by atoms with Gasteiger partial charge in [0, 0.05) is 5.02 Å². The molecule has 1 unspecified atom stereocenters. The van der Waals surface area contributed by atoms with E-state index in [9.17, 15) is 9.18 Å². The largest absolute Gasteiger partial charge is 0.348 e. The molecule has 0 saturated heterocycles. The number of halogens is 3. The first-order valence-electron chi connectivity index (χ1n) is 6.32. The summed E-state index contributed by atoms with van der Waals surface area (Å²) in [7, 11) is 0. The average Bonchev–Trinajstić information content (AvgIpc) is 2.27. The van der Waals surface area contributed by atoms with Crippen LogP contribution in [0.1, 0.15) is 38.8 Å². The monoisotopic (exact) mass is 322 g/mol. The first-order valence-corrected chi connectivity index (χ1v) is 6.70. The van der Waals surface area contributed by atoms with E-state index in [-0.39, 0.29) is 24.4 Å². The molecule has 0 saturated carbocycles. The predicted octanol–water partition coefficient (Wildman–Crippen LogP) is 3.45. The summed E-state index contributed by atoms with van der Waals surface area (Å²) in [5.41, 5.74) is 6.48. The van der Waals surface area contributed by atoms with Gasteiger partial charge in [0.15, 0.2) is 0 Å². The summed E-state index contributed by atoms with van der Waals surface area (Å²) in [5.74, 6) is -0.268. The number of hydrogen-bond donors (Lipinski definition) is 2. The summed E-state index contributed by atoms with van der Waals surface area (Å²) in [5, 5.41) is 3.09. The van der Waals surface area contributed by atoms with Gasteiger partial charge in [-0.1, -0.05) is 31.5 Å². The molecule has 0 aliphatic carbocycles. The molecular formula is C14H21Cl2FN2O. The van der Waals surface area contributed by atoms with Crippen molar-refractivity contribution in [2.24, 2.45) is 11.7 Å². The number of carbonyl (C=O) groups excluding carboxylic acids is 1. The third kappa shape index (κ3) is 5.65. The van der Waals surface area contributed by atoms with Crippen molar-refractivity contribution in [3.63, 3.8) is 0 Å². The minimum Gasteiger partial charge on any atom is -0.348 e. The van der Waals surface area contributed by atoms with Crippen LogP contribution in [-0.2, 0) is 4.79 Å². The summed E-state index contributed by atoms with van der Waals surface area (Å²) >= 11 is 5.95. The van der Waals surface area contributed by atoms with Crippen molar-refractivity contribution in [1.82, 2.24) is 5.32 Å². The number of nitrogens with one attached hydrogen (secondary N) is 1. The molecule has 1 aromatic carbocycles.